The number of benzene rings is 1. The number of hydrogen-bond acceptors (Lipinski definition) is 3. The van der Waals surface area contributed by atoms with E-state index in [1.807, 2.05) is 12.1 Å². The van der Waals surface area contributed by atoms with Crippen molar-refractivity contribution in [2.45, 2.75) is 13.3 Å². The Morgan fingerprint density at radius 1 is 1.52 bits per heavy atom. The quantitative estimate of drug-likeness (QED) is 0.788. The monoisotopic (exact) mass is 312 g/mol. The zero-order valence-electron chi connectivity index (χ0n) is 12.0. The predicted molar refractivity (Wildman–Crippen MR) is 85.9 cm³/mol. The maximum atomic E-state index is 11.8. The fourth-order valence-corrected chi connectivity index (χ4v) is 2.00. The minimum absolute atomic E-state index is 0. The number of halogens is 1. The molecule has 0 aromatic heterocycles. The number of urea groups is 1. The normalized spacial score (nSPS) is 15.7. The van der Waals surface area contributed by atoms with Gasteiger partial charge in [-0.1, -0.05) is 13.0 Å². The van der Waals surface area contributed by atoms with Gasteiger partial charge in [-0.3, -0.25) is 9.69 Å². The smallest absolute Gasteiger partial charge is 0.321 e. The molecule has 0 radical (unpaired) electrons. The second-order valence-corrected chi connectivity index (χ2v) is 4.91. The second-order valence-electron chi connectivity index (χ2n) is 4.91. The third-order valence-electron chi connectivity index (χ3n) is 3.31. The van der Waals surface area contributed by atoms with Gasteiger partial charge in [0.2, 0.25) is 5.91 Å². The summed E-state index contributed by atoms with van der Waals surface area (Å²) in [7, 11) is 0. The summed E-state index contributed by atoms with van der Waals surface area (Å²) >= 11 is 0. The molecule has 0 saturated carbocycles. The maximum Gasteiger partial charge on any atom is 0.321 e. The van der Waals surface area contributed by atoms with E-state index in [0.717, 1.165) is 12.1 Å². The zero-order valence-corrected chi connectivity index (χ0v) is 12.8. The second kappa shape index (κ2) is 7.85. The SMILES string of the molecule is CC(CN)C(=O)Nc1cccc(N2CCCNC2=O)c1.Cl. The Kier molecular flexibility index (Phi) is 6.45. The Morgan fingerprint density at radius 2 is 2.29 bits per heavy atom. The molecule has 1 aromatic rings. The number of rotatable bonds is 4. The summed E-state index contributed by atoms with van der Waals surface area (Å²) in [6.45, 7) is 3.47. The van der Waals surface area contributed by atoms with Gasteiger partial charge in [-0.05, 0) is 24.6 Å². The Bertz CT molecular complexity index is 510. The van der Waals surface area contributed by atoms with Crippen LogP contribution in [-0.4, -0.2) is 31.6 Å². The third-order valence-corrected chi connectivity index (χ3v) is 3.31. The maximum absolute atomic E-state index is 11.8. The highest BCUT2D eigenvalue weighted by molar-refractivity contribution is 5.95. The summed E-state index contributed by atoms with van der Waals surface area (Å²) in [6, 6.07) is 7.17. The van der Waals surface area contributed by atoms with Gasteiger partial charge in [-0.15, -0.1) is 12.4 Å². The number of nitrogens with zero attached hydrogens (tertiary/aromatic N) is 1. The molecule has 0 bridgehead atoms. The lowest BCUT2D eigenvalue weighted by molar-refractivity contribution is -0.119. The van der Waals surface area contributed by atoms with Gasteiger partial charge in [0.15, 0.2) is 0 Å². The van der Waals surface area contributed by atoms with Crippen LogP contribution in [0, 0.1) is 5.92 Å². The molecule has 0 spiro atoms. The number of anilines is 2. The third kappa shape index (κ3) is 4.34. The number of nitrogens with two attached hydrogens (primary N) is 1. The molecule has 4 N–H and O–H groups in total. The number of amides is 3. The van der Waals surface area contributed by atoms with Gasteiger partial charge in [-0.2, -0.15) is 0 Å². The summed E-state index contributed by atoms with van der Waals surface area (Å²) in [5.41, 5.74) is 6.92. The Balaban J connectivity index is 0.00000220. The largest absolute Gasteiger partial charge is 0.338 e. The van der Waals surface area contributed by atoms with Gasteiger partial charge in [0.05, 0.1) is 0 Å². The van der Waals surface area contributed by atoms with Gasteiger partial charge in [0.1, 0.15) is 0 Å². The molecule has 2 rings (SSSR count). The molecule has 1 fully saturated rings. The molecule has 7 heteroatoms. The van der Waals surface area contributed by atoms with Crippen LogP contribution in [-0.2, 0) is 4.79 Å². The van der Waals surface area contributed by atoms with Crippen LogP contribution >= 0.6 is 12.4 Å². The molecule has 1 aliphatic rings. The van der Waals surface area contributed by atoms with Gasteiger partial charge in [-0.25, -0.2) is 4.79 Å². The Morgan fingerprint density at radius 3 is 2.95 bits per heavy atom. The summed E-state index contributed by atoms with van der Waals surface area (Å²) in [5.74, 6) is -0.357. The summed E-state index contributed by atoms with van der Waals surface area (Å²) in [5, 5.41) is 5.61. The van der Waals surface area contributed by atoms with E-state index in [-0.39, 0.29) is 30.3 Å². The molecule has 1 atom stereocenters. The van der Waals surface area contributed by atoms with Gasteiger partial charge >= 0.3 is 6.03 Å². The van der Waals surface area contributed by atoms with E-state index in [0.29, 0.717) is 25.3 Å². The van der Waals surface area contributed by atoms with Crippen LogP contribution in [0.5, 0.6) is 0 Å². The fraction of sp³-hybridized carbons (Fsp3) is 0.429. The number of carbonyl (C=O) groups is 2. The highest BCUT2D eigenvalue weighted by Gasteiger charge is 2.19. The molecule has 1 heterocycles. The van der Waals surface area contributed by atoms with Crippen LogP contribution in [0.3, 0.4) is 0 Å². The molecule has 3 amide bonds. The highest BCUT2D eigenvalue weighted by Crippen LogP contribution is 2.21. The van der Waals surface area contributed by atoms with Crippen molar-refractivity contribution in [2.24, 2.45) is 11.7 Å². The Labute approximate surface area is 130 Å². The van der Waals surface area contributed by atoms with E-state index in [1.54, 1.807) is 24.0 Å². The van der Waals surface area contributed by atoms with Crippen LogP contribution in [0.1, 0.15) is 13.3 Å². The first-order chi connectivity index (χ1) is 9.61. The van der Waals surface area contributed by atoms with Crippen molar-refractivity contribution in [3.8, 4) is 0 Å². The van der Waals surface area contributed by atoms with Crippen molar-refractivity contribution in [2.75, 3.05) is 29.9 Å². The standard InChI is InChI=1S/C14H20N4O2.ClH/c1-10(9-15)13(19)17-11-4-2-5-12(8-11)18-7-3-6-16-14(18)20;/h2,4-5,8,10H,3,6-7,9,15H2,1H3,(H,16,20)(H,17,19);1H. The van der Waals surface area contributed by atoms with Crippen molar-refractivity contribution in [1.29, 1.82) is 0 Å². The number of hydrogen-bond donors (Lipinski definition) is 3. The zero-order chi connectivity index (χ0) is 14.5. The van der Waals surface area contributed by atoms with E-state index < -0.39 is 0 Å². The van der Waals surface area contributed by atoms with Gasteiger partial charge in [0, 0.05) is 36.9 Å². The van der Waals surface area contributed by atoms with Crippen LogP contribution < -0.4 is 21.3 Å². The van der Waals surface area contributed by atoms with Crippen LogP contribution in [0.4, 0.5) is 16.2 Å². The van der Waals surface area contributed by atoms with Crippen molar-refractivity contribution >= 4 is 35.7 Å². The van der Waals surface area contributed by atoms with Crippen molar-refractivity contribution in [3.05, 3.63) is 24.3 Å². The molecule has 1 aromatic carbocycles. The molecule has 1 unspecified atom stereocenters. The topological polar surface area (TPSA) is 87.5 Å². The average molecular weight is 313 g/mol. The minimum atomic E-state index is -0.239. The average Bonchev–Trinajstić information content (AvgIpc) is 2.47. The van der Waals surface area contributed by atoms with E-state index in [1.165, 1.54) is 0 Å². The summed E-state index contributed by atoms with van der Waals surface area (Å²) < 4.78 is 0. The van der Waals surface area contributed by atoms with E-state index in [2.05, 4.69) is 10.6 Å². The summed E-state index contributed by atoms with van der Waals surface area (Å²) in [4.78, 5) is 25.3. The molecule has 116 valence electrons. The van der Waals surface area contributed by atoms with Crippen molar-refractivity contribution in [1.82, 2.24) is 5.32 Å². The van der Waals surface area contributed by atoms with E-state index in [9.17, 15) is 9.59 Å². The molecule has 1 aliphatic heterocycles. The first kappa shape index (κ1) is 17.3. The molecule has 21 heavy (non-hydrogen) atoms. The lowest BCUT2D eigenvalue weighted by Crippen LogP contribution is -2.46. The number of nitrogens with one attached hydrogen (secondary N) is 2. The first-order valence-electron chi connectivity index (χ1n) is 6.78. The molecular weight excluding hydrogens is 292 g/mol. The lowest BCUT2D eigenvalue weighted by atomic mass is 10.1. The van der Waals surface area contributed by atoms with Crippen LogP contribution in [0.25, 0.3) is 0 Å². The fourth-order valence-electron chi connectivity index (χ4n) is 2.00. The Hall–Kier alpha value is -1.79. The minimum Gasteiger partial charge on any atom is -0.338 e. The molecule has 1 saturated heterocycles. The van der Waals surface area contributed by atoms with Crippen LogP contribution in [0.2, 0.25) is 0 Å². The molecule has 6 nitrogen and oxygen atoms in total. The van der Waals surface area contributed by atoms with E-state index in [4.69, 9.17) is 5.73 Å². The number of carbonyl (C=O) groups excluding carboxylic acids is 2. The summed E-state index contributed by atoms with van der Waals surface area (Å²) in [6.07, 6.45) is 0.909. The van der Waals surface area contributed by atoms with Crippen LogP contribution in [0.15, 0.2) is 24.3 Å². The highest BCUT2D eigenvalue weighted by atomic mass is 35.5. The predicted octanol–water partition coefficient (Wildman–Crippen LogP) is 1.56. The lowest BCUT2D eigenvalue weighted by Gasteiger charge is -2.27. The van der Waals surface area contributed by atoms with Crippen molar-refractivity contribution in [3.63, 3.8) is 0 Å². The molecule has 0 aliphatic carbocycles. The van der Waals surface area contributed by atoms with Gasteiger partial charge < -0.3 is 16.4 Å². The first-order valence-corrected chi connectivity index (χ1v) is 6.78. The molecular formula is C14H21ClN4O2. The van der Waals surface area contributed by atoms with E-state index >= 15 is 0 Å². The van der Waals surface area contributed by atoms with Crippen molar-refractivity contribution < 1.29 is 9.59 Å². The van der Waals surface area contributed by atoms with Gasteiger partial charge in [0.25, 0.3) is 0 Å².